The largest absolute Gasteiger partial charge is 0.333 e. The van der Waals surface area contributed by atoms with E-state index in [1.807, 2.05) is 6.33 Å². The van der Waals surface area contributed by atoms with Gasteiger partial charge in [0.25, 0.3) is 0 Å². The minimum Gasteiger partial charge on any atom is -0.333 e. The summed E-state index contributed by atoms with van der Waals surface area (Å²) < 4.78 is 2.90. The first-order chi connectivity index (χ1) is 8.83. The summed E-state index contributed by atoms with van der Waals surface area (Å²) in [6, 6.07) is 0. The fraction of sp³-hybridized carbons (Fsp3) is 0.786. The summed E-state index contributed by atoms with van der Waals surface area (Å²) in [4.78, 5) is 4.40. The normalized spacial score (nSPS) is 26.8. The van der Waals surface area contributed by atoms with Crippen LogP contribution in [0.4, 0.5) is 0 Å². The van der Waals surface area contributed by atoms with E-state index in [0.717, 1.165) is 19.6 Å². The van der Waals surface area contributed by atoms with E-state index in [0.29, 0.717) is 10.7 Å². The van der Waals surface area contributed by atoms with Gasteiger partial charge in [0.15, 0.2) is 0 Å². The summed E-state index contributed by atoms with van der Waals surface area (Å²) >= 11 is 2.07. The predicted octanol–water partition coefficient (Wildman–Crippen LogP) is 2.64. The van der Waals surface area contributed by atoms with Gasteiger partial charge in [-0.15, -0.1) is 0 Å². The molecule has 3 nitrogen and oxygen atoms in total. The number of rotatable bonds is 4. The lowest BCUT2D eigenvalue weighted by Crippen LogP contribution is -2.28. The maximum Gasteiger partial charge on any atom is 0.0948 e. The smallest absolute Gasteiger partial charge is 0.0948 e. The molecule has 2 heterocycles. The first kappa shape index (κ1) is 12.5. The molecule has 1 aromatic heterocycles. The Hall–Kier alpha value is -0.480. The van der Waals surface area contributed by atoms with Crippen molar-refractivity contribution in [2.45, 2.75) is 49.3 Å². The molecule has 1 aromatic rings. The molecule has 100 valence electrons. The average Bonchev–Trinajstić information content (AvgIpc) is 3.10. The van der Waals surface area contributed by atoms with Crippen LogP contribution < -0.4 is 5.32 Å². The van der Waals surface area contributed by atoms with Crippen LogP contribution in [-0.2, 0) is 6.54 Å². The Morgan fingerprint density at radius 2 is 2.33 bits per heavy atom. The number of nitrogens with zero attached hydrogens (tertiary/aromatic N) is 2. The highest BCUT2D eigenvalue weighted by Gasteiger charge is 2.34. The molecule has 2 aliphatic rings. The van der Waals surface area contributed by atoms with Gasteiger partial charge < -0.3 is 9.88 Å². The molecule has 1 atom stereocenters. The minimum atomic E-state index is 0.474. The number of hydrogen-bond donors (Lipinski definition) is 1. The zero-order valence-corrected chi connectivity index (χ0v) is 12.0. The lowest BCUT2D eigenvalue weighted by molar-refractivity contribution is 0.484. The van der Waals surface area contributed by atoms with Crippen molar-refractivity contribution in [2.75, 3.05) is 19.3 Å². The highest BCUT2D eigenvalue weighted by Crippen LogP contribution is 2.42. The molecule has 1 unspecified atom stereocenters. The Balaban J connectivity index is 1.77. The molecular formula is C14H23N3S. The Labute approximate surface area is 114 Å². The van der Waals surface area contributed by atoms with Crippen LogP contribution in [0.2, 0.25) is 0 Å². The third-order valence-corrected chi connectivity index (χ3v) is 6.03. The molecule has 1 saturated carbocycles. The third-order valence-electron chi connectivity index (χ3n) is 4.63. The molecule has 0 spiro atoms. The van der Waals surface area contributed by atoms with Crippen LogP contribution in [0.3, 0.4) is 0 Å². The van der Waals surface area contributed by atoms with E-state index < -0.39 is 0 Å². The molecule has 3 rings (SSSR count). The highest BCUT2D eigenvalue weighted by atomic mass is 32.2. The van der Waals surface area contributed by atoms with E-state index in [2.05, 4.69) is 39.1 Å². The number of nitrogens with one attached hydrogen (secondary N) is 1. The lowest BCUT2D eigenvalue weighted by Gasteiger charge is -2.28. The van der Waals surface area contributed by atoms with Gasteiger partial charge in [-0.3, -0.25) is 0 Å². The quantitative estimate of drug-likeness (QED) is 0.907. The number of hydrogen-bond acceptors (Lipinski definition) is 3. The fourth-order valence-electron chi connectivity index (χ4n) is 3.47. The predicted molar refractivity (Wildman–Crippen MR) is 77.2 cm³/mol. The van der Waals surface area contributed by atoms with Gasteiger partial charge in [-0.05, 0) is 32.1 Å². The van der Waals surface area contributed by atoms with Crippen molar-refractivity contribution >= 4 is 11.8 Å². The fourth-order valence-corrected chi connectivity index (χ4v) is 4.43. The highest BCUT2D eigenvalue weighted by molar-refractivity contribution is 8.00. The lowest BCUT2D eigenvalue weighted by atomic mass is 10.0. The van der Waals surface area contributed by atoms with Crippen molar-refractivity contribution in [2.24, 2.45) is 0 Å². The van der Waals surface area contributed by atoms with E-state index in [9.17, 15) is 0 Å². The van der Waals surface area contributed by atoms with Gasteiger partial charge in [0.05, 0.1) is 6.33 Å². The molecule has 0 bridgehead atoms. The van der Waals surface area contributed by atoms with Gasteiger partial charge in [-0.25, -0.2) is 4.98 Å². The van der Waals surface area contributed by atoms with Crippen LogP contribution in [0.1, 0.15) is 43.7 Å². The maximum absolute atomic E-state index is 4.40. The zero-order valence-electron chi connectivity index (χ0n) is 11.2. The summed E-state index contributed by atoms with van der Waals surface area (Å²) in [5, 5.41) is 3.46. The molecule has 2 fully saturated rings. The maximum atomic E-state index is 4.40. The molecule has 18 heavy (non-hydrogen) atoms. The molecule has 1 aliphatic carbocycles. The van der Waals surface area contributed by atoms with Gasteiger partial charge in [0.2, 0.25) is 0 Å². The van der Waals surface area contributed by atoms with Gasteiger partial charge in [-0.1, -0.05) is 12.8 Å². The Morgan fingerprint density at radius 3 is 3.00 bits per heavy atom. The standard InChI is InChI=1S/C14H23N3S/c1-18-14(5-2-3-6-14)10-17-11-16-9-13(17)12-4-7-15-8-12/h9,11-12,15H,2-8,10H2,1H3. The number of aromatic nitrogens is 2. The van der Waals surface area contributed by atoms with Crippen molar-refractivity contribution in [3.8, 4) is 0 Å². The van der Waals surface area contributed by atoms with E-state index in [1.165, 1.54) is 37.8 Å². The van der Waals surface area contributed by atoms with Gasteiger partial charge in [0, 0.05) is 35.6 Å². The molecule has 0 aromatic carbocycles. The molecule has 0 amide bonds. The monoisotopic (exact) mass is 265 g/mol. The van der Waals surface area contributed by atoms with Crippen molar-refractivity contribution < 1.29 is 0 Å². The Bertz CT molecular complexity index is 389. The van der Waals surface area contributed by atoms with E-state index in [1.54, 1.807) is 0 Å². The van der Waals surface area contributed by atoms with Crippen molar-refractivity contribution in [3.63, 3.8) is 0 Å². The first-order valence-corrected chi connectivity index (χ1v) is 8.31. The summed E-state index contributed by atoms with van der Waals surface area (Å²) in [6.45, 7) is 3.43. The van der Waals surface area contributed by atoms with Crippen molar-refractivity contribution in [3.05, 3.63) is 18.2 Å². The van der Waals surface area contributed by atoms with Crippen LogP contribution in [-0.4, -0.2) is 33.6 Å². The van der Waals surface area contributed by atoms with Crippen LogP contribution in [0.5, 0.6) is 0 Å². The third kappa shape index (κ3) is 2.32. The second-order valence-electron chi connectivity index (χ2n) is 5.73. The second kappa shape index (κ2) is 5.25. The molecule has 0 radical (unpaired) electrons. The summed E-state index contributed by atoms with van der Waals surface area (Å²) in [5.74, 6) is 0.674. The molecule has 1 N–H and O–H groups in total. The zero-order chi connectivity index (χ0) is 12.4. The van der Waals surface area contributed by atoms with E-state index in [4.69, 9.17) is 0 Å². The Kier molecular flexibility index (Phi) is 3.66. The van der Waals surface area contributed by atoms with Gasteiger partial charge in [0.1, 0.15) is 0 Å². The summed E-state index contributed by atoms with van der Waals surface area (Å²) in [7, 11) is 0. The molecule has 4 heteroatoms. The van der Waals surface area contributed by atoms with Crippen LogP contribution in [0.15, 0.2) is 12.5 Å². The minimum absolute atomic E-state index is 0.474. The molecule has 1 aliphatic heterocycles. The topological polar surface area (TPSA) is 29.9 Å². The van der Waals surface area contributed by atoms with Crippen LogP contribution in [0.25, 0.3) is 0 Å². The Morgan fingerprint density at radius 1 is 1.50 bits per heavy atom. The summed E-state index contributed by atoms with van der Waals surface area (Å²) in [6.07, 6.45) is 13.2. The number of thioether (sulfide) groups is 1. The van der Waals surface area contributed by atoms with E-state index in [-0.39, 0.29) is 0 Å². The second-order valence-corrected chi connectivity index (χ2v) is 7.00. The molecular weight excluding hydrogens is 242 g/mol. The van der Waals surface area contributed by atoms with Gasteiger partial charge >= 0.3 is 0 Å². The summed E-state index contributed by atoms with van der Waals surface area (Å²) in [5.41, 5.74) is 1.44. The van der Waals surface area contributed by atoms with Crippen molar-refractivity contribution in [1.82, 2.24) is 14.9 Å². The van der Waals surface area contributed by atoms with Crippen LogP contribution in [0, 0.1) is 0 Å². The van der Waals surface area contributed by atoms with Gasteiger partial charge in [-0.2, -0.15) is 11.8 Å². The average molecular weight is 265 g/mol. The molecule has 1 saturated heterocycles. The van der Waals surface area contributed by atoms with Crippen LogP contribution >= 0.6 is 11.8 Å². The number of imidazole rings is 1. The van der Waals surface area contributed by atoms with Crippen molar-refractivity contribution in [1.29, 1.82) is 0 Å². The SMILES string of the molecule is CSC1(Cn2cncc2C2CCNC2)CCCC1. The first-order valence-electron chi connectivity index (χ1n) is 7.09. The van der Waals surface area contributed by atoms with E-state index >= 15 is 0 Å².